The van der Waals surface area contributed by atoms with Crippen LogP contribution in [0.5, 0.6) is 0 Å². The van der Waals surface area contributed by atoms with Gasteiger partial charge in [-0.2, -0.15) is 4.98 Å². The van der Waals surface area contributed by atoms with Crippen molar-refractivity contribution in [2.75, 3.05) is 25.0 Å². The van der Waals surface area contributed by atoms with Crippen molar-refractivity contribution in [3.8, 4) is 0 Å². The summed E-state index contributed by atoms with van der Waals surface area (Å²) >= 11 is 6.19. The van der Waals surface area contributed by atoms with Gasteiger partial charge in [-0.3, -0.25) is 15.4 Å². The molecule has 2 heterocycles. The maximum Gasteiger partial charge on any atom is 0.410 e. The number of nitrogens with zero attached hydrogens (tertiary/aromatic N) is 4. The first-order chi connectivity index (χ1) is 16.6. The number of fused-ring (bicyclic) bond motifs is 1. The summed E-state index contributed by atoms with van der Waals surface area (Å²) in [5, 5.41) is 17.3. The van der Waals surface area contributed by atoms with Gasteiger partial charge in [0.15, 0.2) is 0 Å². The Balaban J connectivity index is 1.63. The lowest BCUT2D eigenvalue weighted by Gasteiger charge is -2.30. The van der Waals surface area contributed by atoms with E-state index in [4.69, 9.17) is 27.2 Å². The van der Waals surface area contributed by atoms with Crippen molar-refractivity contribution in [1.82, 2.24) is 14.5 Å². The molecule has 2 N–H and O–H groups in total. The third kappa shape index (κ3) is 5.22. The second-order valence-corrected chi connectivity index (χ2v) is 9.87. The van der Waals surface area contributed by atoms with Crippen molar-refractivity contribution >= 4 is 52.0 Å². The van der Waals surface area contributed by atoms with E-state index in [0.29, 0.717) is 29.4 Å². The predicted octanol–water partition coefficient (Wildman–Crippen LogP) is 5.42. The van der Waals surface area contributed by atoms with Crippen LogP contribution < -0.4 is 10.5 Å². The molecule has 4 rings (SSSR count). The molecule has 0 fully saturated rings. The molecule has 0 atom stereocenters. The molecule has 0 aliphatic carbocycles. The first-order valence-corrected chi connectivity index (χ1v) is 11.7. The minimum Gasteiger partial charge on any atom is -0.444 e. The summed E-state index contributed by atoms with van der Waals surface area (Å²) in [5.74, 6) is 0.602. The van der Waals surface area contributed by atoms with Crippen LogP contribution in [0.1, 0.15) is 32.8 Å². The van der Waals surface area contributed by atoms with E-state index in [2.05, 4.69) is 23.2 Å². The smallest absolute Gasteiger partial charge is 0.410 e. The molecule has 182 valence electrons. The molecule has 0 bridgehead atoms. The minimum atomic E-state index is -0.516. The van der Waals surface area contributed by atoms with Crippen molar-refractivity contribution in [1.29, 1.82) is 10.8 Å². The van der Waals surface area contributed by atoms with E-state index in [1.54, 1.807) is 17.0 Å². The van der Waals surface area contributed by atoms with Gasteiger partial charge in [0.2, 0.25) is 5.62 Å². The Hall–Kier alpha value is -3.65. The van der Waals surface area contributed by atoms with Gasteiger partial charge in [0.05, 0.1) is 11.9 Å². The Kier molecular flexibility index (Phi) is 6.67. The Bertz CT molecular complexity index is 1390. The Labute approximate surface area is 209 Å². The maximum atomic E-state index is 12.4. The summed E-state index contributed by atoms with van der Waals surface area (Å²) in [7, 11) is 1.91. The number of benzene rings is 2. The highest BCUT2D eigenvalue weighted by Gasteiger charge is 2.24. The lowest BCUT2D eigenvalue weighted by molar-refractivity contribution is 0.0270. The van der Waals surface area contributed by atoms with Crippen LogP contribution in [0.3, 0.4) is 0 Å². The Morgan fingerprint density at radius 2 is 2.00 bits per heavy atom. The molecule has 1 aromatic heterocycles. The molecular weight excluding hydrogens is 464 g/mol. The van der Waals surface area contributed by atoms with Crippen LogP contribution >= 0.6 is 11.6 Å². The van der Waals surface area contributed by atoms with Gasteiger partial charge in [-0.15, -0.1) is 0 Å². The third-order valence-electron chi connectivity index (χ3n) is 5.81. The summed E-state index contributed by atoms with van der Waals surface area (Å²) in [6.45, 7) is 6.70. The lowest BCUT2D eigenvalue weighted by atomic mass is 9.99. The molecule has 8 nitrogen and oxygen atoms in total. The molecule has 9 heteroatoms. The van der Waals surface area contributed by atoms with Gasteiger partial charge >= 0.3 is 6.09 Å². The fraction of sp³-hybridized carbons (Fsp3) is 0.308. The molecule has 0 saturated heterocycles. The van der Waals surface area contributed by atoms with E-state index in [0.717, 1.165) is 29.4 Å². The van der Waals surface area contributed by atoms with Crippen molar-refractivity contribution in [3.63, 3.8) is 0 Å². The largest absolute Gasteiger partial charge is 0.444 e. The zero-order valence-electron chi connectivity index (χ0n) is 20.3. The number of amides is 1. The molecule has 3 aromatic rings. The van der Waals surface area contributed by atoms with Gasteiger partial charge in [0.25, 0.3) is 0 Å². The third-order valence-corrected chi connectivity index (χ3v) is 6.05. The quantitative estimate of drug-likeness (QED) is 0.375. The van der Waals surface area contributed by atoms with Crippen molar-refractivity contribution in [3.05, 3.63) is 64.7 Å². The summed E-state index contributed by atoms with van der Waals surface area (Å²) in [6.07, 6.45) is 3.57. The van der Waals surface area contributed by atoms with Gasteiger partial charge in [0, 0.05) is 36.2 Å². The van der Waals surface area contributed by atoms with E-state index >= 15 is 0 Å². The SMILES string of the molecule is CN(c1cccc(C2=CCN(C(=O)OC(C)(C)C)CC2)c1)c1nc(=N)n(C=N)c2cc(Cl)ccc12. The molecular formula is C26H29ClN6O2. The summed E-state index contributed by atoms with van der Waals surface area (Å²) < 4.78 is 6.88. The number of hydrogen-bond acceptors (Lipinski definition) is 6. The molecule has 1 amide bonds. The molecule has 0 saturated carbocycles. The van der Waals surface area contributed by atoms with Crippen LogP contribution in [0.25, 0.3) is 16.5 Å². The monoisotopic (exact) mass is 492 g/mol. The van der Waals surface area contributed by atoms with E-state index < -0.39 is 5.60 Å². The molecule has 2 aromatic carbocycles. The number of aromatic nitrogens is 2. The number of rotatable bonds is 4. The molecule has 0 unspecified atom stereocenters. The van der Waals surface area contributed by atoms with E-state index in [-0.39, 0.29) is 11.7 Å². The molecule has 0 spiro atoms. The van der Waals surface area contributed by atoms with E-state index in [1.807, 2.05) is 50.9 Å². The number of anilines is 2. The van der Waals surface area contributed by atoms with Crippen LogP contribution in [-0.2, 0) is 4.74 Å². The number of halogens is 1. The van der Waals surface area contributed by atoms with Crippen molar-refractivity contribution in [2.45, 2.75) is 32.8 Å². The highest BCUT2D eigenvalue weighted by Crippen LogP contribution is 2.32. The number of nitrogens with one attached hydrogen (secondary N) is 2. The average molecular weight is 493 g/mol. The average Bonchev–Trinajstić information content (AvgIpc) is 2.82. The zero-order valence-corrected chi connectivity index (χ0v) is 21.1. The number of carbonyl (C=O) groups excluding carboxylic acids is 1. The fourth-order valence-electron chi connectivity index (χ4n) is 4.07. The zero-order chi connectivity index (χ0) is 25.3. The highest BCUT2D eigenvalue weighted by atomic mass is 35.5. The van der Waals surface area contributed by atoms with Gasteiger partial charge in [-0.05, 0) is 68.7 Å². The number of hydrogen-bond donors (Lipinski definition) is 2. The van der Waals surface area contributed by atoms with Crippen LogP contribution in [-0.4, -0.2) is 52.6 Å². The number of carbonyl (C=O) groups is 1. The molecule has 0 radical (unpaired) electrons. The maximum absolute atomic E-state index is 12.4. The Morgan fingerprint density at radius 3 is 2.66 bits per heavy atom. The van der Waals surface area contributed by atoms with Gasteiger partial charge < -0.3 is 14.5 Å². The molecule has 35 heavy (non-hydrogen) atoms. The summed E-state index contributed by atoms with van der Waals surface area (Å²) in [4.78, 5) is 20.5. The first-order valence-electron chi connectivity index (χ1n) is 11.4. The summed E-state index contributed by atoms with van der Waals surface area (Å²) in [6, 6.07) is 13.5. The second-order valence-electron chi connectivity index (χ2n) is 9.43. The van der Waals surface area contributed by atoms with E-state index in [1.165, 1.54) is 10.1 Å². The van der Waals surface area contributed by atoms with Crippen LogP contribution in [0.4, 0.5) is 16.3 Å². The van der Waals surface area contributed by atoms with Gasteiger partial charge in [-0.25, -0.2) is 4.79 Å². The molecule has 1 aliphatic rings. The lowest BCUT2D eigenvalue weighted by Crippen LogP contribution is -2.39. The van der Waals surface area contributed by atoms with Crippen LogP contribution in [0, 0.1) is 10.8 Å². The standard InChI is InChI=1S/C26H29ClN6O2/c1-26(2,3)35-25(34)32-12-10-17(11-13-32)18-6-5-7-20(14-18)31(4)23-21-9-8-19(27)15-22(21)33(16-28)24(29)30-23/h5-10,14-16,28-29H,11-13H2,1-4H3. The highest BCUT2D eigenvalue weighted by molar-refractivity contribution is 6.31. The van der Waals surface area contributed by atoms with Crippen LogP contribution in [0.15, 0.2) is 48.5 Å². The minimum absolute atomic E-state index is 0.0509. The molecule has 1 aliphatic heterocycles. The Morgan fingerprint density at radius 1 is 1.23 bits per heavy atom. The summed E-state index contributed by atoms with van der Waals surface area (Å²) in [5.41, 5.74) is 3.22. The number of ether oxygens (including phenoxy) is 1. The van der Waals surface area contributed by atoms with Crippen molar-refractivity contribution in [2.24, 2.45) is 0 Å². The van der Waals surface area contributed by atoms with Crippen molar-refractivity contribution < 1.29 is 9.53 Å². The van der Waals surface area contributed by atoms with E-state index in [9.17, 15) is 4.79 Å². The van der Waals surface area contributed by atoms with Gasteiger partial charge in [0.1, 0.15) is 11.4 Å². The fourth-order valence-corrected chi connectivity index (χ4v) is 4.23. The van der Waals surface area contributed by atoms with Crippen LogP contribution in [0.2, 0.25) is 5.02 Å². The predicted molar refractivity (Wildman–Crippen MR) is 140 cm³/mol. The van der Waals surface area contributed by atoms with Gasteiger partial charge in [-0.1, -0.05) is 29.8 Å². The topological polar surface area (TPSA) is 98.3 Å². The first kappa shape index (κ1) is 24.5. The second kappa shape index (κ2) is 9.54. The normalized spacial score (nSPS) is 14.0.